The fourth-order valence-corrected chi connectivity index (χ4v) is 7.84. The second-order valence-electron chi connectivity index (χ2n) is 9.59. The van der Waals surface area contributed by atoms with E-state index in [1.807, 2.05) is 31.2 Å². The van der Waals surface area contributed by atoms with Crippen molar-refractivity contribution in [1.29, 1.82) is 0 Å². The monoisotopic (exact) mass is 582 g/mol. The predicted molar refractivity (Wildman–Crippen MR) is 146 cm³/mol. The maximum Gasteiger partial charge on any atom is 0.418 e. The molecule has 40 heavy (non-hydrogen) atoms. The van der Waals surface area contributed by atoms with Crippen LogP contribution < -0.4 is 14.5 Å². The molecule has 0 unspecified atom stereocenters. The van der Waals surface area contributed by atoms with Crippen molar-refractivity contribution < 1.29 is 27.5 Å². The second kappa shape index (κ2) is 9.97. The number of fused-ring (bicyclic) bond motifs is 2. The SMILES string of the molecule is Cc1cccc(COc2ccccc2[C@@H]2c3sc(=O)[nH]c3S[C@H]3C(=O)N(c4ccccc4C(F)(F)F)C(=O)[C@@H]23)c1. The number of imide groups is 1. The molecule has 3 aromatic carbocycles. The van der Waals surface area contributed by atoms with Gasteiger partial charge in [0.05, 0.1) is 22.2 Å². The molecule has 4 aromatic rings. The number of thiazole rings is 1. The highest BCUT2D eigenvalue weighted by molar-refractivity contribution is 8.00. The van der Waals surface area contributed by atoms with Crippen molar-refractivity contribution in [2.45, 2.75) is 35.9 Å². The fourth-order valence-electron chi connectivity index (χ4n) is 5.33. The summed E-state index contributed by atoms with van der Waals surface area (Å²) in [5.41, 5.74) is 1.01. The molecule has 0 spiro atoms. The molecule has 2 aliphatic rings. The first-order valence-corrected chi connectivity index (χ1v) is 14.0. The van der Waals surface area contributed by atoms with Gasteiger partial charge < -0.3 is 9.72 Å². The third kappa shape index (κ3) is 4.52. The van der Waals surface area contributed by atoms with E-state index >= 15 is 0 Å². The number of nitrogens with one attached hydrogen (secondary N) is 1. The van der Waals surface area contributed by atoms with Crippen LogP contribution in [-0.2, 0) is 22.4 Å². The highest BCUT2D eigenvalue weighted by Gasteiger charge is 2.57. The number of thioether (sulfide) groups is 1. The maximum absolute atomic E-state index is 14.0. The lowest BCUT2D eigenvalue weighted by Gasteiger charge is -2.30. The Morgan fingerprint density at radius 1 is 0.950 bits per heavy atom. The largest absolute Gasteiger partial charge is 0.489 e. The van der Waals surface area contributed by atoms with Crippen molar-refractivity contribution in [3.63, 3.8) is 0 Å². The van der Waals surface area contributed by atoms with Gasteiger partial charge in [-0.15, -0.1) is 0 Å². The van der Waals surface area contributed by atoms with Gasteiger partial charge in [0.25, 0.3) is 0 Å². The molecule has 0 saturated carbocycles. The Morgan fingerprint density at radius 3 is 2.48 bits per heavy atom. The number of carbonyl (C=O) groups is 2. The lowest BCUT2D eigenvalue weighted by atomic mass is 9.82. The number of para-hydroxylation sites is 2. The van der Waals surface area contributed by atoms with Crippen LogP contribution in [0, 0.1) is 12.8 Å². The van der Waals surface area contributed by atoms with E-state index in [4.69, 9.17) is 4.74 Å². The zero-order valence-electron chi connectivity index (χ0n) is 20.9. The van der Waals surface area contributed by atoms with Crippen LogP contribution in [0.4, 0.5) is 18.9 Å². The first-order valence-electron chi connectivity index (χ1n) is 12.3. The van der Waals surface area contributed by atoms with E-state index < -0.39 is 46.3 Å². The summed E-state index contributed by atoms with van der Waals surface area (Å²) < 4.78 is 47.8. The number of hydrogen-bond acceptors (Lipinski definition) is 6. The molecule has 204 valence electrons. The van der Waals surface area contributed by atoms with Gasteiger partial charge in [0, 0.05) is 16.4 Å². The predicted octanol–water partition coefficient (Wildman–Crippen LogP) is 6.14. The quantitative estimate of drug-likeness (QED) is 0.286. The number of hydrogen-bond donors (Lipinski definition) is 1. The molecule has 0 aliphatic carbocycles. The van der Waals surface area contributed by atoms with Gasteiger partial charge >= 0.3 is 11.0 Å². The number of anilines is 1. The average molecular weight is 583 g/mol. The Balaban J connectivity index is 1.44. The Morgan fingerprint density at radius 2 is 1.70 bits per heavy atom. The van der Waals surface area contributed by atoms with E-state index in [0.717, 1.165) is 46.4 Å². The smallest absolute Gasteiger partial charge is 0.418 e. The molecule has 1 saturated heterocycles. The van der Waals surface area contributed by atoms with Gasteiger partial charge in [-0.3, -0.25) is 14.4 Å². The Hall–Kier alpha value is -3.83. The molecule has 11 heteroatoms. The van der Waals surface area contributed by atoms with E-state index in [9.17, 15) is 27.6 Å². The summed E-state index contributed by atoms with van der Waals surface area (Å²) in [5, 5.41) is -0.594. The molecule has 1 fully saturated rings. The molecule has 3 heterocycles. The van der Waals surface area contributed by atoms with Gasteiger partial charge in [-0.05, 0) is 30.7 Å². The number of H-pyrrole nitrogens is 1. The third-order valence-electron chi connectivity index (χ3n) is 7.01. The van der Waals surface area contributed by atoms with Crippen LogP contribution in [0.1, 0.15) is 33.0 Å². The molecular formula is C29H21F3N2O4S2. The first-order chi connectivity index (χ1) is 19.1. The minimum Gasteiger partial charge on any atom is -0.489 e. The van der Waals surface area contributed by atoms with E-state index in [-0.39, 0.29) is 11.5 Å². The van der Waals surface area contributed by atoms with Gasteiger partial charge in [0.1, 0.15) is 17.6 Å². The second-order valence-corrected chi connectivity index (χ2v) is 11.8. The van der Waals surface area contributed by atoms with E-state index in [2.05, 4.69) is 4.98 Å². The zero-order valence-corrected chi connectivity index (χ0v) is 22.5. The average Bonchev–Trinajstić information content (AvgIpc) is 3.41. The van der Waals surface area contributed by atoms with Crippen molar-refractivity contribution in [2.75, 3.05) is 4.90 Å². The van der Waals surface area contributed by atoms with Crippen LogP contribution in [0.5, 0.6) is 5.75 Å². The number of aryl methyl sites for hydroxylation is 1. The molecule has 6 nitrogen and oxygen atoms in total. The summed E-state index contributed by atoms with van der Waals surface area (Å²) in [7, 11) is 0. The van der Waals surface area contributed by atoms with Crippen molar-refractivity contribution in [1.82, 2.24) is 4.98 Å². The lowest BCUT2D eigenvalue weighted by Crippen LogP contribution is -2.33. The van der Waals surface area contributed by atoms with Crippen LogP contribution in [0.15, 0.2) is 82.6 Å². The van der Waals surface area contributed by atoms with Crippen molar-refractivity contribution in [3.8, 4) is 5.75 Å². The van der Waals surface area contributed by atoms with E-state index in [1.54, 1.807) is 24.3 Å². The number of alkyl halides is 3. The maximum atomic E-state index is 14.0. The fraction of sp³-hybridized carbons (Fsp3) is 0.207. The van der Waals surface area contributed by atoms with Crippen LogP contribution in [-0.4, -0.2) is 22.0 Å². The normalized spacial score (nSPS) is 20.4. The Kier molecular flexibility index (Phi) is 6.58. The number of aromatic nitrogens is 1. The number of aromatic amines is 1. The number of ether oxygens (including phenoxy) is 1. The topological polar surface area (TPSA) is 79.5 Å². The van der Waals surface area contributed by atoms with Crippen LogP contribution in [0.3, 0.4) is 0 Å². The van der Waals surface area contributed by atoms with Gasteiger partial charge in [0.15, 0.2) is 0 Å². The van der Waals surface area contributed by atoms with Crippen molar-refractivity contribution in [3.05, 3.63) is 110 Å². The summed E-state index contributed by atoms with van der Waals surface area (Å²) in [6.45, 7) is 2.21. The molecule has 0 radical (unpaired) electrons. The summed E-state index contributed by atoms with van der Waals surface area (Å²) in [6.07, 6.45) is -4.77. The lowest BCUT2D eigenvalue weighted by molar-refractivity contribution is -0.137. The number of benzene rings is 3. The first kappa shape index (κ1) is 26.4. The molecule has 2 amide bonds. The van der Waals surface area contributed by atoms with Crippen LogP contribution in [0.25, 0.3) is 0 Å². The van der Waals surface area contributed by atoms with Crippen molar-refractivity contribution >= 4 is 40.6 Å². The van der Waals surface area contributed by atoms with Crippen LogP contribution >= 0.6 is 23.1 Å². The summed E-state index contributed by atoms with van der Waals surface area (Å²) >= 11 is 1.93. The zero-order chi connectivity index (χ0) is 28.2. The Labute approximate surface area is 234 Å². The standard InChI is InChI=1S/C29H21F3N2O4S2/c1-15-7-6-8-16(13-15)14-38-20-12-5-2-9-17(20)21-22-24(39-25-23(21)40-28(37)33-25)27(36)34(26(22)35)19-11-4-3-10-18(19)29(30,31)32/h2-13,21-22,24H,14H2,1H3,(H,33,37)/t21-,22-,24+/m0/s1. The van der Waals surface area contributed by atoms with Gasteiger partial charge in [0.2, 0.25) is 11.8 Å². The highest BCUT2D eigenvalue weighted by Crippen LogP contribution is 2.55. The Bertz CT molecular complexity index is 1700. The number of carbonyl (C=O) groups excluding carboxylic acids is 2. The van der Waals surface area contributed by atoms with E-state index in [1.165, 1.54) is 12.1 Å². The summed E-state index contributed by atoms with van der Waals surface area (Å²) in [5.74, 6) is -2.86. The summed E-state index contributed by atoms with van der Waals surface area (Å²) in [4.78, 5) is 43.6. The number of halogens is 3. The molecule has 1 aromatic heterocycles. The minimum atomic E-state index is -4.77. The van der Waals surface area contributed by atoms with Gasteiger partial charge in [-0.1, -0.05) is 83.3 Å². The molecule has 0 bridgehead atoms. The molecule has 2 aliphatic heterocycles. The number of amides is 2. The molecule has 6 rings (SSSR count). The third-order valence-corrected chi connectivity index (χ3v) is 9.41. The van der Waals surface area contributed by atoms with E-state index in [0.29, 0.717) is 26.1 Å². The number of nitrogens with zero attached hydrogens (tertiary/aromatic N) is 1. The molecular weight excluding hydrogens is 561 g/mol. The minimum absolute atomic E-state index is 0.239. The molecule has 1 N–H and O–H groups in total. The van der Waals surface area contributed by atoms with Gasteiger partial charge in [-0.25, -0.2) is 4.90 Å². The highest BCUT2D eigenvalue weighted by atomic mass is 32.2. The van der Waals surface area contributed by atoms with Crippen LogP contribution in [0.2, 0.25) is 0 Å². The number of rotatable bonds is 5. The van der Waals surface area contributed by atoms with Crippen molar-refractivity contribution in [2.24, 2.45) is 5.92 Å². The molecule has 3 atom stereocenters. The summed E-state index contributed by atoms with van der Waals surface area (Å²) in [6, 6.07) is 19.4. The van der Waals surface area contributed by atoms with Gasteiger partial charge in [-0.2, -0.15) is 13.2 Å².